The number of aliphatic hydroxyl groups is 1. The molecule has 0 aromatic carbocycles. The zero-order chi connectivity index (χ0) is 11.9. The minimum absolute atomic E-state index is 0.595. The van der Waals surface area contributed by atoms with Crippen LogP contribution >= 0.6 is 11.3 Å². The molecular formula is C13H15NO2S. The monoisotopic (exact) mass is 249 g/mol. The van der Waals surface area contributed by atoms with E-state index in [1.165, 1.54) is 0 Å². The highest BCUT2D eigenvalue weighted by Crippen LogP contribution is 2.38. The number of rotatable bonds is 2. The van der Waals surface area contributed by atoms with Gasteiger partial charge in [-0.25, -0.2) is 4.98 Å². The maximum absolute atomic E-state index is 10.8. The smallest absolute Gasteiger partial charge is 0.109 e. The summed E-state index contributed by atoms with van der Waals surface area (Å²) in [7, 11) is 0. The molecule has 0 bridgehead atoms. The molecule has 90 valence electrons. The Balaban J connectivity index is 1.92. The summed E-state index contributed by atoms with van der Waals surface area (Å²) in [6.07, 6.45) is 4.97. The molecule has 0 spiro atoms. The van der Waals surface area contributed by atoms with E-state index in [4.69, 9.17) is 4.42 Å². The number of thiazole rings is 1. The van der Waals surface area contributed by atoms with Crippen LogP contribution in [0.2, 0.25) is 0 Å². The van der Waals surface area contributed by atoms with Gasteiger partial charge in [-0.2, -0.15) is 0 Å². The van der Waals surface area contributed by atoms with Crippen molar-refractivity contribution in [3.63, 3.8) is 0 Å². The van der Waals surface area contributed by atoms with Gasteiger partial charge in [0.15, 0.2) is 0 Å². The lowest BCUT2D eigenvalue weighted by Crippen LogP contribution is -2.32. The van der Waals surface area contributed by atoms with E-state index in [-0.39, 0.29) is 0 Å². The van der Waals surface area contributed by atoms with Crippen LogP contribution in [0.3, 0.4) is 0 Å². The zero-order valence-corrected chi connectivity index (χ0v) is 10.6. The summed E-state index contributed by atoms with van der Waals surface area (Å²) < 4.78 is 5.42. The molecule has 0 saturated heterocycles. The lowest BCUT2D eigenvalue weighted by Gasteiger charge is -2.30. The largest absolute Gasteiger partial charge is 0.469 e. The van der Waals surface area contributed by atoms with E-state index in [9.17, 15) is 5.11 Å². The summed E-state index contributed by atoms with van der Waals surface area (Å²) in [6, 6.07) is 1.90. The number of aromatic nitrogens is 1. The molecule has 0 fully saturated rings. The van der Waals surface area contributed by atoms with Gasteiger partial charge in [-0.1, -0.05) is 0 Å². The average molecular weight is 249 g/mol. The highest BCUT2D eigenvalue weighted by Gasteiger charge is 2.37. The van der Waals surface area contributed by atoms with Crippen LogP contribution in [-0.4, -0.2) is 10.1 Å². The molecule has 3 nitrogen and oxygen atoms in total. The van der Waals surface area contributed by atoms with Crippen molar-refractivity contribution in [1.29, 1.82) is 0 Å². The fourth-order valence-electron chi connectivity index (χ4n) is 2.54. The fourth-order valence-corrected chi connectivity index (χ4v) is 3.42. The summed E-state index contributed by atoms with van der Waals surface area (Å²) >= 11 is 1.62. The first-order valence-corrected chi connectivity index (χ1v) is 6.76. The summed E-state index contributed by atoms with van der Waals surface area (Å²) in [5.74, 6) is 0.937. The lowest BCUT2D eigenvalue weighted by atomic mass is 9.81. The first-order valence-electron chi connectivity index (χ1n) is 5.88. The highest BCUT2D eigenvalue weighted by molar-refractivity contribution is 7.09. The quantitative estimate of drug-likeness (QED) is 0.890. The lowest BCUT2D eigenvalue weighted by molar-refractivity contribution is 0.0168. The van der Waals surface area contributed by atoms with Gasteiger partial charge in [-0.15, -0.1) is 11.3 Å². The van der Waals surface area contributed by atoms with Crippen LogP contribution in [0.25, 0.3) is 0 Å². The van der Waals surface area contributed by atoms with Gasteiger partial charge in [-0.05, 0) is 25.8 Å². The van der Waals surface area contributed by atoms with Gasteiger partial charge in [0.05, 0.1) is 16.9 Å². The Hall–Kier alpha value is -1.13. The second-order valence-corrected chi connectivity index (χ2v) is 5.64. The molecule has 1 atom stereocenters. The van der Waals surface area contributed by atoms with Gasteiger partial charge in [-0.3, -0.25) is 0 Å². The minimum atomic E-state index is -0.787. The SMILES string of the molecule is Cc1csc(CC2(O)CCCc3occc32)n1. The van der Waals surface area contributed by atoms with Crippen LogP contribution in [-0.2, 0) is 18.4 Å². The van der Waals surface area contributed by atoms with Gasteiger partial charge in [0, 0.05) is 29.5 Å². The van der Waals surface area contributed by atoms with Crippen molar-refractivity contribution < 1.29 is 9.52 Å². The number of fused-ring (bicyclic) bond motifs is 1. The van der Waals surface area contributed by atoms with E-state index < -0.39 is 5.60 Å². The van der Waals surface area contributed by atoms with Gasteiger partial charge in [0.1, 0.15) is 5.76 Å². The molecule has 1 aliphatic rings. The molecule has 17 heavy (non-hydrogen) atoms. The van der Waals surface area contributed by atoms with E-state index in [0.717, 1.165) is 41.3 Å². The first-order chi connectivity index (χ1) is 8.17. The molecule has 2 heterocycles. The molecule has 0 aliphatic heterocycles. The number of aryl methyl sites for hydroxylation is 2. The maximum atomic E-state index is 10.8. The molecule has 1 aliphatic carbocycles. The second kappa shape index (κ2) is 3.96. The molecule has 1 N–H and O–H groups in total. The number of furan rings is 1. The predicted molar refractivity (Wildman–Crippen MR) is 66.1 cm³/mol. The molecule has 2 aromatic rings. The summed E-state index contributed by atoms with van der Waals surface area (Å²) in [6.45, 7) is 1.98. The van der Waals surface area contributed by atoms with Crippen LogP contribution in [0.4, 0.5) is 0 Å². The third-order valence-electron chi connectivity index (χ3n) is 3.35. The molecule has 0 saturated carbocycles. The Morgan fingerprint density at radius 2 is 2.47 bits per heavy atom. The van der Waals surface area contributed by atoms with Crippen molar-refractivity contribution in [3.05, 3.63) is 39.7 Å². The van der Waals surface area contributed by atoms with Crippen molar-refractivity contribution in [3.8, 4) is 0 Å². The standard InChI is InChI=1S/C13H15NO2S/c1-9-8-17-12(14-9)7-13(15)5-2-3-11-10(13)4-6-16-11/h4,6,8,15H,2-3,5,7H2,1H3. The molecule has 2 aromatic heterocycles. The summed E-state index contributed by atoms with van der Waals surface area (Å²) in [5.41, 5.74) is 1.19. The van der Waals surface area contributed by atoms with Gasteiger partial charge >= 0.3 is 0 Å². The van der Waals surface area contributed by atoms with Crippen molar-refractivity contribution in [2.24, 2.45) is 0 Å². The fraction of sp³-hybridized carbons (Fsp3) is 0.462. The number of hydrogen-bond acceptors (Lipinski definition) is 4. The maximum Gasteiger partial charge on any atom is 0.109 e. The van der Waals surface area contributed by atoms with Crippen LogP contribution in [0.1, 0.15) is 34.9 Å². The third-order valence-corrected chi connectivity index (χ3v) is 4.32. The summed E-state index contributed by atoms with van der Waals surface area (Å²) in [5, 5.41) is 13.8. The predicted octanol–water partition coefficient (Wildman–Crippen LogP) is 2.81. The van der Waals surface area contributed by atoms with E-state index in [1.807, 2.05) is 18.4 Å². The molecule has 4 heteroatoms. The third kappa shape index (κ3) is 1.91. The Labute approximate surface area is 104 Å². The van der Waals surface area contributed by atoms with E-state index in [2.05, 4.69) is 4.98 Å². The topological polar surface area (TPSA) is 46.3 Å². The molecule has 1 unspecified atom stereocenters. The van der Waals surface area contributed by atoms with Crippen LogP contribution < -0.4 is 0 Å². The van der Waals surface area contributed by atoms with Crippen molar-refractivity contribution in [1.82, 2.24) is 4.98 Å². The normalized spacial score (nSPS) is 23.6. The molecule has 0 radical (unpaired) electrons. The van der Waals surface area contributed by atoms with Crippen molar-refractivity contribution in [2.45, 2.75) is 38.2 Å². The minimum Gasteiger partial charge on any atom is -0.469 e. The summed E-state index contributed by atoms with van der Waals surface area (Å²) in [4.78, 5) is 4.44. The van der Waals surface area contributed by atoms with E-state index in [0.29, 0.717) is 6.42 Å². The van der Waals surface area contributed by atoms with E-state index >= 15 is 0 Å². The van der Waals surface area contributed by atoms with Crippen molar-refractivity contribution >= 4 is 11.3 Å². The van der Waals surface area contributed by atoms with Gasteiger partial charge < -0.3 is 9.52 Å². The first kappa shape index (κ1) is 11.0. The number of nitrogens with zero attached hydrogens (tertiary/aromatic N) is 1. The van der Waals surface area contributed by atoms with Crippen molar-refractivity contribution in [2.75, 3.05) is 0 Å². The second-order valence-electron chi connectivity index (χ2n) is 4.70. The Kier molecular flexibility index (Phi) is 2.56. The van der Waals surface area contributed by atoms with Crippen LogP contribution in [0, 0.1) is 6.92 Å². The zero-order valence-electron chi connectivity index (χ0n) is 9.77. The van der Waals surface area contributed by atoms with Gasteiger partial charge in [0.2, 0.25) is 0 Å². The Morgan fingerprint density at radius 3 is 3.24 bits per heavy atom. The Morgan fingerprint density at radius 1 is 1.59 bits per heavy atom. The van der Waals surface area contributed by atoms with Gasteiger partial charge in [0.25, 0.3) is 0 Å². The van der Waals surface area contributed by atoms with Crippen LogP contribution in [0.15, 0.2) is 22.1 Å². The Bertz CT molecular complexity index is 531. The highest BCUT2D eigenvalue weighted by atomic mass is 32.1. The molecule has 0 amide bonds. The number of hydrogen-bond donors (Lipinski definition) is 1. The molecule has 3 rings (SSSR count). The van der Waals surface area contributed by atoms with Crippen LogP contribution in [0.5, 0.6) is 0 Å². The average Bonchev–Trinajstić information content (AvgIpc) is 2.88. The van der Waals surface area contributed by atoms with E-state index in [1.54, 1.807) is 17.6 Å². The molecular weight excluding hydrogens is 234 g/mol.